The summed E-state index contributed by atoms with van der Waals surface area (Å²) in [6, 6.07) is 0.907. The van der Waals surface area contributed by atoms with Gasteiger partial charge in [0.15, 0.2) is 0 Å². The van der Waals surface area contributed by atoms with Crippen LogP contribution in [0.2, 0.25) is 0 Å². The third-order valence-electron chi connectivity index (χ3n) is 5.67. The first kappa shape index (κ1) is 14.8. The van der Waals surface area contributed by atoms with Crippen LogP contribution in [0.3, 0.4) is 0 Å². The van der Waals surface area contributed by atoms with Crippen molar-refractivity contribution in [1.29, 1.82) is 0 Å². The Hall–Kier alpha value is -0.120. The zero-order chi connectivity index (χ0) is 14.0. The molecule has 0 amide bonds. The molecule has 116 valence electrons. The van der Waals surface area contributed by atoms with E-state index < -0.39 is 0 Å². The van der Waals surface area contributed by atoms with Crippen LogP contribution in [0.15, 0.2) is 0 Å². The average Bonchev–Trinajstić information content (AvgIpc) is 3.01. The fourth-order valence-corrected chi connectivity index (χ4v) is 4.47. The molecule has 20 heavy (non-hydrogen) atoms. The number of piperidine rings is 1. The molecule has 1 aliphatic carbocycles. The van der Waals surface area contributed by atoms with Crippen molar-refractivity contribution >= 4 is 0 Å². The monoisotopic (exact) mass is 280 g/mol. The van der Waals surface area contributed by atoms with Crippen LogP contribution in [0, 0.1) is 17.3 Å². The summed E-state index contributed by atoms with van der Waals surface area (Å²) in [6.07, 6.45) is 6.91. The lowest BCUT2D eigenvalue weighted by Gasteiger charge is -2.42. The van der Waals surface area contributed by atoms with Gasteiger partial charge in [-0.3, -0.25) is 4.90 Å². The van der Waals surface area contributed by atoms with Crippen molar-refractivity contribution in [2.75, 3.05) is 39.4 Å². The van der Waals surface area contributed by atoms with Gasteiger partial charge in [0.05, 0.1) is 0 Å². The van der Waals surface area contributed by atoms with Crippen LogP contribution in [0.1, 0.15) is 46.0 Å². The topological polar surface area (TPSA) is 24.5 Å². The fraction of sp³-hybridized carbons (Fsp3) is 1.00. The molecule has 3 aliphatic rings. The van der Waals surface area contributed by atoms with Crippen molar-refractivity contribution in [2.45, 2.75) is 52.0 Å². The average molecular weight is 280 g/mol. The summed E-state index contributed by atoms with van der Waals surface area (Å²) in [5.41, 5.74) is 0.470. The first-order valence-electron chi connectivity index (χ1n) is 8.69. The van der Waals surface area contributed by atoms with Crippen LogP contribution < -0.4 is 5.32 Å². The zero-order valence-electron chi connectivity index (χ0n) is 13.4. The van der Waals surface area contributed by atoms with Crippen LogP contribution in [-0.2, 0) is 4.74 Å². The Morgan fingerprint density at radius 2 is 2.05 bits per heavy atom. The minimum atomic E-state index is 0.470. The highest BCUT2D eigenvalue weighted by molar-refractivity contribution is 4.96. The summed E-state index contributed by atoms with van der Waals surface area (Å²) in [7, 11) is 0. The molecule has 0 aromatic rings. The lowest BCUT2D eigenvalue weighted by Crippen LogP contribution is -2.49. The molecule has 3 heteroatoms. The van der Waals surface area contributed by atoms with E-state index in [0.29, 0.717) is 5.41 Å². The Labute approximate surface area is 124 Å². The zero-order valence-corrected chi connectivity index (χ0v) is 13.4. The van der Waals surface area contributed by atoms with Crippen molar-refractivity contribution in [3.63, 3.8) is 0 Å². The lowest BCUT2D eigenvalue weighted by molar-refractivity contribution is -0.00953. The number of hydrogen-bond acceptors (Lipinski definition) is 3. The molecular weight excluding hydrogens is 248 g/mol. The van der Waals surface area contributed by atoms with Gasteiger partial charge >= 0.3 is 0 Å². The molecule has 0 aromatic heterocycles. The molecule has 3 fully saturated rings. The molecule has 2 unspecified atom stereocenters. The number of rotatable bonds is 6. The summed E-state index contributed by atoms with van der Waals surface area (Å²) in [5.74, 6) is 1.76. The van der Waals surface area contributed by atoms with Crippen molar-refractivity contribution in [3.05, 3.63) is 0 Å². The molecule has 0 radical (unpaired) electrons. The largest absolute Gasteiger partial charge is 0.381 e. The van der Waals surface area contributed by atoms with E-state index in [-0.39, 0.29) is 0 Å². The van der Waals surface area contributed by atoms with E-state index >= 15 is 0 Å². The van der Waals surface area contributed by atoms with Gasteiger partial charge in [-0.15, -0.1) is 0 Å². The predicted molar refractivity (Wildman–Crippen MR) is 82.9 cm³/mol. The molecule has 2 aliphatic heterocycles. The number of hydrogen-bond donors (Lipinski definition) is 1. The molecular formula is C17H32N2O. The maximum absolute atomic E-state index is 5.63. The van der Waals surface area contributed by atoms with Gasteiger partial charge in [0.25, 0.3) is 0 Å². The summed E-state index contributed by atoms with van der Waals surface area (Å²) in [6.45, 7) is 11.5. The molecule has 0 aromatic carbocycles. The SMILES string of the molecule is CC(C)CNCC1(CN2CC3CCC2C3)CCOCC1. The maximum atomic E-state index is 5.63. The molecule has 0 spiro atoms. The molecule has 2 heterocycles. The van der Waals surface area contributed by atoms with Crippen LogP contribution in [0.25, 0.3) is 0 Å². The third kappa shape index (κ3) is 3.37. The van der Waals surface area contributed by atoms with E-state index in [1.807, 2.05) is 0 Å². The van der Waals surface area contributed by atoms with Gasteiger partial charge in [-0.1, -0.05) is 13.8 Å². The van der Waals surface area contributed by atoms with E-state index in [1.54, 1.807) is 0 Å². The summed E-state index contributed by atoms with van der Waals surface area (Å²) in [5, 5.41) is 3.73. The van der Waals surface area contributed by atoms with Gasteiger partial charge in [0.1, 0.15) is 0 Å². The van der Waals surface area contributed by atoms with Crippen molar-refractivity contribution < 1.29 is 4.74 Å². The second-order valence-electron chi connectivity index (χ2n) is 7.90. The normalized spacial score (nSPS) is 33.1. The fourth-order valence-electron chi connectivity index (χ4n) is 4.47. The van der Waals surface area contributed by atoms with Crippen LogP contribution >= 0.6 is 0 Å². The Morgan fingerprint density at radius 3 is 2.65 bits per heavy atom. The summed E-state index contributed by atoms with van der Waals surface area (Å²) >= 11 is 0. The van der Waals surface area contributed by atoms with Gasteiger partial charge in [-0.2, -0.15) is 0 Å². The van der Waals surface area contributed by atoms with Gasteiger partial charge in [0, 0.05) is 38.9 Å². The Morgan fingerprint density at radius 1 is 1.25 bits per heavy atom. The highest BCUT2D eigenvalue weighted by Gasteiger charge is 2.42. The number of nitrogens with zero attached hydrogens (tertiary/aromatic N) is 1. The number of likely N-dealkylation sites (tertiary alicyclic amines) is 1. The first-order valence-corrected chi connectivity index (χ1v) is 8.69. The smallest absolute Gasteiger partial charge is 0.0472 e. The molecule has 1 saturated carbocycles. The number of fused-ring (bicyclic) bond motifs is 2. The van der Waals surface area contributed by atoms with Crippen molar-refractivity contribution in [1.82, 2.24) is 10.2 Å². The van der Waals surface area contributed by atoms with Crippen molar-refractivity contribution in [2.24, 2.45) is 17.3 Å². The summed E-state index contributed by atoms with van der Waals surface area (Å²) in [4.78, 5) is 2.82. The van der Waals surface area contributed by atoms with Gasteiger partial charge in [-0.25, -0.2) is 0 Å². The van der Waals surface area contributed by atoms with Crippen LogP contribution in [0.5, 0.6) is 0 Å². The minimum absolute atomic E-state index is 0.470. The van der Waals surface area contributed by atoms with Gasteiger partial charge < -0.3 is 10.1 Å². The van der Waals surface area contributed by atoms with Crippen LogP contribution in [0.4, 0.5) is 0 Å². The second kappa shape index (κ2) is 6.33. The minimum Gasteiger partial charge on any atom is -0.381 e. The second-order valence-corrected chi connectivity index (χ2v) is 7.90. The molecule has 3 nitrogen and oxygen atoms in total. The quantitative estimate of drug-likeness (QED) is 0.809. The number of ether oxygens (including phenoxy) is 1. The van der Waals surface area contributed by atoms with E-state index in [4.69, 9.17) is 4.74 Å². The van der Waals surface area contributed by atoms with Gasteiger partial charge in [0.2, 0.25) is 0 Å². The molecule has 1 N–H and O–H groups in total. The standard InChI is InChI=1S/C17H32N2O/c1-14(2)10-18-12-17(5-7-20-8-6-17)13-19-11-15-3-4-16(19)9-15/h14-16,18H,3-13H2,1-2H3. The molecule has 2 atom stereocenters. The third-order valence-corrected chi connectivity index (χ3v) is 5.67. The Kier molecular flexibility index (Phi) is 4.68. The van der Waals surface area contributed by atoms with Crippen molar-refractivity contribution in [3.8, 4) is 0 Å². The molecule has 2 bridgehead atoms. The van der Waals surface area contributed by atoms with E-state index in [1.165, 1.54) is 51.7 Å². The van der Waals surface area contributed by atoms with Crippen LogP contribution in [-0.4, -0.2) is 50.3 Å². The van der Waals surface area contributed by atoms with E-state index in [2.05, 4.69) is 24.1 Å². The highest BCUT2D eigenvalue weighted by Crippen LogP contribution is 2.41. The van der Waals surface area contributed by atoms with E-state index in [0.717, 1.165) is 37.6 Å². The lowest BCUT2D eigenvalue weighted by atomic mass is 9.79. The molecule has 3 rings (SSSR count). The summed E-state index contributed by atoms with van der Waals surface area (Å²) < 4.78 is 5.63. The molecule has 2 saturated heterocycles. The highest BCUT2D eigenvalue weighted by atomic mass is 16.5. The number of nitrogens with one attached hydrogen (secondary N) is 1. The maximum Gasteiger partial charge on any atom is 0.0472 e. The predicted octanol–water partition coefficient (Wildman–Crippen LogP) is 2.51. The Balaban J connectivity index is 1.57. The first-order chi connectivity index (χ1) is 9.67. The van der Waals surface area contributed by atoms with Gasteiger partial charge in [-0.05, 0) is 55.9 Å². The Bertz CT molecular complexity index is 312. The van der Waals surface area contributed by atoms with E-state index in [9.17, 15) is 0 Å².